The van der Waals surface area contributed by atoms with Gasteiger partial charge in [-0.1, -0.05) is 63.2 Å². The van der Waals surface area contributed by atoms with Crippen LogP contribution in [-0.4, -0.2) is 49.4 Å². The zero-order valence-corrected chi connectivity index (χ0v) is 24.3. The summed E-state index contributed by atoms with van der Waals surface area (Å²) >= 11 is 4.52. The highest BCUT2D eigenvalue weighted by molar-refractivity contribution is 7.90. The Morgan fingerprint density at radius 1 is 1.00 bits per heavy atom. The number of rotatable bonds is 14. The van der Waals surface area contributed by atoms with Gasteiger partial charge in [-0.25, -0.2) is 13.1 Å². The predicted octanol–water partition coefficient (Wildman–Crippen LogP) is 4.16. The van der Waals surface area contributed by atoms with Crippen LogP contribution in [-0.2, 0) is 31.0 Å². The highest BCUT2D eigenvalue weighted by atomic mass is 32.2. The number of benzene rings is 2. The van der Waals surface area contributed by atoms with Crippen LogP contribution in [0.2, 0.25) is 0 Å². The summed E-state index contributed by atoms with van der Waals surface area (Å²) in [5.41, 5.74) is 2.02. The minimum Gasteiger partial charge on any atom is -0.356 e. The first-order chi connectivity index (χ1) is 18.0. The highest BCUT2D eigenvalue weighted by Gasteiger charge is 2.24. The molecule has 2 aromatic carbocycles. The van der Waals surface area contributed by atoms with E-state index in [1.54, 1.807) is 18.2 Å². The number of hydrogen-bond acceptors (Lipinski definition) is 6. The van der Waals surface area contributed by atoms with E-state index in [9.17, 15) is 22.8 Å². The molecule has 0 aliphatic rings. The first-order valence-corrected chi connectivity index (χ1v) is 15.0. The van der Waals surface area contributed by atoms with E-state index in [0.29, 0.717) is 35.8 Å². The van der Waals surface area contributed by atoms with Crippen LogP contribution < -0.4 is 10.0 Å². The van der Waals surface area contributed by atoms with E-state index in [1.165, 1.54) is 6.07 Å². The van der Waals surface area contributed by atoms with Gasteiger partial charge in [-0.05, 0) is 36.0 Å². The smallest absolute Gasteiger partial charge is 0.264 e. The number of carbonyl (C=O) groups is 3. The van der Waals surface area contributed by atoms with Gasteiger partial charge in [0.2, 0.25) is 17.7 Å². The molecule has 2 rings (SSSR count). The first-order valence-electron chi connectivity index (χ1n) is 12.9. The van der Waals surface area contributed by atoms with Crippen molar-refractivity contribution in [3.63, 3.8) is 0 Å². The molecule has 1 atom stereocenters. The van der Waals surface area contributed by atoms with E-state index >= 15 is 0 Å². The molecule has 0 saturated carbocycles. The fourth-order valence-electron chi connectivity index (χ4n) is 4.20. The van der Waals surface area contributed by atoms with Crippen molar-refractivity contribution in [3.05, 3.63) is 54.1 Å². The van der Waals surface area contributed by atoms with Gasteiger partial charge in [-0.15, -0.1) is 0 Å². The average Bonchev–Trinajstić information content (AvgIpc) is 2.85. The quantitative estimate of drug-likeness (QED) is 0.300. The summed E-state index contributed by atoms with van der Waals surface area (Å²) in [4.78, 5) is 38.3. The third-order valence-electron chi connectivity index (χ3n) is 5.93. The molecule has 8 nitrogen and oxygen atoms in total. The van der Waals surface area contributed by atoms with E-state index in [-0.39, 0.29) is 35.7 Å². The summed E-state index contributed by atoms with van der Waals surface area (Å²) in [6, 6.07) is 13.8. The van der Waals surface area contributed by atoms with Gasteiger partial charge in [0.05, 0.1) is 4.90 Å². The second kappa shape index (κ2) is 14.9. The van der Waals surface area contributed by atoms with Crippen molar-refractivity contribution in [1.82, 2.24) is 14.9 Å². The SMILES string of the molecule is CCCC(=O)NCCC(=O)N(Cc1ccc(-c2ccccc2S(=O)(=O)NC(C)=O)cc1)[C@@H](CS)CC(C)C. The summed E-state index contributed by atoms with van der Waals surface area (Å²) in [6.45, 7) is 7.94. The zero-order valence-electron chi connectivity index (χ0n) is 22.6. The Hall–Kier alpha value is -2.85. The van der Waals surface area contributed by atoms with Crippen LogP contribution in [0, 0.1) is 5.92 Å². The van der Waals surface area contributed by atoms with E-state index in [4.69, 9.17) is 0 Å². The maximum Gasteiger partial charge on any atom is 0.264 e. The molecule has 0 fully saturated rings. The molecule has 0 radical (unpaired) electrons. The summed E-state index contributed by atoms with van der Waals surface area (Å²) in [5, 5.41) is 2.80. The second-order valence-corrected chi connectivity index (χ2v) is 11.7. The lowest BCUT2D eigenvalue weighted by molar-refractivity contribution is -0.134. The molecule has 2 N–H and O–H groups in total. The van der Waals surface area contributed by atoms with Crippen molar-refractivity contribution in [2.24, 2.45) is 5.92 Å². The molecule has 3 amide bonds. The molecule has 0 aromatic heterocycles. The van der Waals surface area contributed by atoms with E-state index in [1.807, 2.05) is 40.8 Å². The van der Waals surface area contributed by atoms with Crippen LogP contribution in [0.5, 0.6) is 0 Å². The first kappa shape index (κ1) is 31.4. The molecule has 0 saturated heterocycles. The number of nitrogens with one attached hydrogen (secondary N) is 2. The Balaban J connectivity index is 2.27. The Morgan fingerprint density at radius 2 is 1.66 bits per heavy atom. The van der Waals surface area contributed by atoms with Gasteiger partial charge in [-0.2, -0.15) is 12.6 Å². The van der Waals surface area contributed by atoms with Crippen LogP contribution in [0.3, 0.4) is 0 Å². The van der Waals surface area contributed by atoms with Crippen LogP contribution >= 0.6 is 12.6 Å². The zero-order chi connectivity index (χ0) is 28.3. The lowest BCUT2D eigenvalue weighted by Crippen LogP contribution is -2.43. The average molecular weight is 562 g/mol. The summed E-state index contributed by atoms with van der Waals surface area (Å²) in [7, 11) is -4.01. The van der Waals surface area contributed by atoms with Gasteiger partial charge in [0.1, 0.15) is 0 Å². The minimum absolute atomic E-state index is 0.0111. The number of thiol groups is 1. The summed E-state index contributed by atoms with van der Waals surface area (Å²) in [5.74, 6) is 0.105. The lowest BCUT2D eigenvalue weighted by Gasteiger charge is -2.32. The minimum atomic E-state index is -4.01. The van der Waals surface area contributed by atoms with Gasteiger partial charge in [0.25, 0.3) is 10.0 Å². The standard InChI is InChI=1S/C28H39N3O5S2/c1-5-8-27(33)29-16-15-28(34)31(24(19-37)17-20(2)3)18-22-11-13-23(14-12-22)25-9-6-7-10-26(25)38(35,36)30-21(4)32/h6-7,9-14,20,24,37H,5,8,15-19H2,1-4H3,(H,29,33)(H,30,32)/t24-/m1/s1. The fraction of sp³-hybridized carbons (Fsp3) is 0.464. The fourth-order valence-corrected chi connectivity index (χ4v) is 5.77. The van der Waals surface area contributed by atoms with Gasteiger partial charge in [0, 0.05) is 50.2 Å². The van der Waals surface area contributed by atoms with Crippen LogP contribution in [0.4, 0.5) is 0 Å². The van der Waals surface area contributed by atoms with Gasteiger partial charge >= 0.3 is 0 Å². The van der Waals surface area contributed by atoms with Crippen LogP contribution in [0.15, 0.2) is 53.4 Å². The Kier molecular flexibility index (Phi) is 12.3. The third kappa shape index (κ3) is 9.47. The van der Waals surface area contributed by atoms with Gasteiger partial charge in [0.15, 0.2) is 0 Å². The van der Waals surface area contributed by atoms with Crippen LogP contribution in [0.25, 0.3) is 11.1 Å². The Bertz CT molecular complexity index is 1200. The molecule has 0 aliphatic heterocycles. The molecule has 0 unspecified atom stereocenters. The molecule has 208 valence electrons. The molecule has 38 heavy (non-hydrogen) atoms. The molecule has 0 bridgehead atoms. The normalized spacial score (nSPS) is 12.2. The summed E-state index contributed by atoms with van der Waals surface area (Å²) < 4.78 is 27.4. The van der Waals surface area contributed by atoms with Crippen molar-refractivity contribution < 1.29 is 22.8 Å². The van der Waals surface area contributed by atoms with E-state index in [2.05, 4.69) is 31.8 Å². The van der Waals surface area contributed by atoms with Crippen LogP contribution in [0.1, 0.15) is 58.9 Å². The van der Waals surface area contributed by atoms with E-state index in [0.717, 1.165) is 25.3 Å². The molecular weight excluding hydrogens is 522 g/mol. The second-order valence-electron chi connectivity index (χ2n) is 9.69. The Morgan fingerprint density at radius 3 is 2.24 bits per heavy atom. The van der Waals surface area contributed by atoms with Crippen molar-refractivity contribution in [1.29, 1.82) is 0 Å². The number of hydrogen-bond donors (Lipinski definition) is 3. The summed E-state index contributed by atoms with van der Waals surface area (Å²) in [6.07, 6.45) is 2.18. The Labute approximate surface area is 232 Å². The number of sulfonamides is 1. The molecule has 10 heteroatoms. The number of carbonyl (C=O) groups excluding carboxylic acids is 3. The van der Waals surface area contributed by atoms with Crippen molar-refractivity contribution in [2.75, 3.05) is 12.3 Å². The molecule has 0 aliphatic carbocycles. The number of nitrogens with zero attached hydrogens (tertiary/aromatic N) is 1. The maximum absolute atomic E-state index is 13.2. The molecule has 0 heterocycles. The highest BCUT2D eigenvalue weighted by Crippen LogP contribution is 2.28. The molecular formula is C28H39N3O5S2. The molecule has 0 spiro atoms. The topological polar surface area (TPSA) is 113 Å². The van der Waals surface area contributed by atoms with Crippen molar-refractivity contribution in [3.8, 4) is 11.1 Å². The third-order valence-corrected chi connectivity index (χ3v) is 7.84. The molecule has 2 aromatic rings. The largest absolute Gasteiger partial charge is 0.356 e. The maximum atomic E-state index is 13.2. The monoisotopic (exact) mass is 561 g/mol. The lowest BCUT2D eigenvalue weighted by atomic mass is 10.0. The predicted molar refractivity (Wildman–Crippen MR) is 153 cm³/mol. The number of amides is 3. The van der Waals surface area contributed by atoms with Crippen molar-refractivity contribution in [2.45, 2.75) is 70.9 Å². The van der Waals surface area contributed by atoms with Crippen molar-refractivity contribution >= 4 is 40.4 Å². The van der Waals surface area contributed by atoms with Gasteiger partial charge < -0.3 is 10.2 Å². The van der Waals surface area contributed by atoms with Gasteiger partial charge in [-0.3, -0.25) is 14.4 Å². The van der Waals surface area contributed by atoms with E-state index < -0.39 is 15.9 Å².